The zero-order valence-corrected chi connectivity index (χ0v) is 13.2. The highest BCUT2D eigenvalue weighted by molar-refractivity contribution is 5.88. The Morgan fingerprint density at radius 3 is 2.88 bits per heavy atom. The van der Waals surface area contributed by atoms with E-state index in [1.54, 1.807) is 6.20 Å². The van der Waals surface area contributed by atoms with E-state index in [0.29, 0.717) is 19.1 Å². The Hall–Kier alpha value is -2.43. The van der Waals surface area contributed by atoms with Crippen molar-refractivity contribution < 1.29 is 9.47 Å². The van der Waals surface area contributed by atoms with Gasteiger partial charge in [0.1, 0.15) is 12.0 Å². The lowest BCUT2D eigenvalue weighted by atomic mass is 9.86. The van der Waals surface area contributed by atoms with E-state index in [2.05, 4.69) is 46.7 Å². The summed E-state index contributed by atoms with van der Waals surface area (Å²) in [6, 6.07) is 16.9. The van der Waals surface area contributed by atoms with E-state index in [9.17, 15) is 0 Å². The van der Waals surface area contributed by atoms with Crippen LogP contribution < -0.4 is 10.1 Å². The number of ether oxygens (including phenoxy) is 2. The number of hydrogen-bond donors (Lipinski definition) is 1. The number of hydrogen-bond acceptors (Lipinski definition) is 4. The molecule has 1 saturated heterocycles. The van der Waals surface area contributed by atoms with Crippen LogP contribution in [0.25, 0.3) is 10.8 Å². The molecule has 1 aromatic heterocycles. The zero-order chi connectivity index (χ0) is 15.9. The third-order valence-electron chi connectivity index (χ3n) is 4.96. The predicted molar refractivity (Wildman–Crippen MR) is 91.7 cm³/mol. The number of aromatic nitrogens is 1. The normalized spacial score (nSPS) is 25.6. The molecule has 0 unspecified atom stereocenters. The number of nitrogens with zero attached hydrogens (tertiary/aromatic N) is 1. The molecule has 5 rings (SSSR count). The number of pyridine rings is 1. The molecule has 3 aromatic rings. The first kappa shape index (κ1) is 14.0. The largest absolute Gasteiger partial charge is 0.493 e. The minimum absolute atomic E-state index is 0.134. The van der Waals surface area contributed by atoms with E-state index < -0.39 is 0 Å². The summed E-state index contributed by atoms with van der Waals surface area (Å²) in [6.07, 6.45) is 3.51. The molecule has 0 bridgehead atoms. The van der Waals surface area contributed by atoms with Crippen LogP contribution in [0, 0.1) is 5.92 Å². The molecule has 2 aliphatic rings. The van der Waals surface area contributed by atoms with Gasteiger partial charge in [0.2, 0.25) is 0 Å². The van der Waals surface area contributed by atoms with Crippen LogP contribution in [-0.4, -0.2) is 18.2 Å². The highest BCUT2D eigenvalue weighted by Crippen LogP contribution is 2.43. The van der Waals surface area contributed by atoms with Crippen molar-refractivity contribution in [1.82, 2.24) is 10.3 Å². The molecule has 2 aromatic carbocycles. The van der Waals surface area contributed by atoms with Crippen molar-refractivity contribution in [2.75, 3.05) is 13.2 Å². The fourth-order valence-corrected chi connectivity index (χ4v) is 3.77. The topological polar surface area (TPSA) is 43.4 Å². The van der Waals surface area contributed by atoms with Crippen molar-refractivity contribution >= 4 is 10.8 Å². The molecule has 0 amide bonds. The summed E-state index contributed by atoms with van der Waals surface area (Å²) in [6.45, 7) is 1.36. The third kappa shape index (κ3) is 2.19. The van der Waals surface area contributed by atoms with Crippen LogP contribution in [-0.2, 0) is 4.74 Å². The summed E-state index contributed by atoms with van der Waals surface area (Å²) in [5.41, 5.74) is 2.31. The molecule has 1 fully saturated rings. The van der Waals surface area contributed by atoms with Crippen molar-refractivity contribution in [2.45, 2.75) is 12.3 Å². The van der Waals surface area contributed by atoms with E-state index in [1.165, 1.54) is 16.3 Å². The number of nitrogens with one attached hydrogen (secondary N) is 1. The predicted octanol–water partition coefficient (Wildman–Crippen LogP) is 3.60. The van der Waals surface area contributed by atoms with Crippen LogP contribution in [0.3, 0.4) is 0 Å². The van der Waals surface area contributed by atoms with Crippen molar-refractivity contribution in [1.29, 1.82) is 0 Å². The Bertz CT molecular complexity index is 881. The molecular formula is C20H18N2O2. The average Bonchev–Trinajstić information content (AvgIpc) is 2.67. The summed E-state index contributed by atoms with van der Waals surface area (Å²) < 4.78 is 12.0. The van der Waals surface area contributed by atoms with Crippen molar-refractivity contribution in [3.63, 3.8) is 0 Å². The molecule has 2 aliphatic heterocycles. The molecule has 3 atom stereocenters. The second kappa shape index (κ2) is 5.58. The summed E-state index contributed by atoms with van der Waals surface area (Å²) in [5, 5.41) is 6.17. The SMILES string of the molecule is c1cncc([C@@H]2N[C@@H]3c4c(ccc5ccccc45)OC[C@@H]3CO2)c1. The van der Waals surface area contributed by atoms with Gasteiger partial charge in [-0.1, -0.05) is 36.4 Å². The Morgan fingerprint density at radius 2 is 1.96 bits per heavy atom. The van der Waals surface area contributed by atoms with E-state index >= 15 is 0 Å². The van der Waals surface area contributed by atoms with E-state index in [1.807, 2.05) is 18.3 Å². The molecule has 0 radical (unpaired) electrons. The summed E-state index contributed by atoms with van der Waals surface area (Å²) in [4.78, 5) is 4.21. The molecule has 0 aliphatic carbocycles. The monoisotopic (exact) mass is 318 g/mol. The van der Waals surface area contributed by atoms with Crippen LogP contribution in [0.15, 0.2) is 60.9 Å². The molecule has 0 saturated carbocycles. The second-order valence-electron chi connectivity index (χ2n) is 6.41. The molecular weight excluding hydrogens is 300 g/mol. The average molecular weight is 318 g/mol. The van der Waals surface area contributed by atoms with Crippen LogP contribution in [0.1, 0.15) is 23.4 Å². The first-order chi connectivity index (χ1) is 11.9. The Balaban J connectivity index is 1.59. The molecule has 24 heavy (non-hydrogen) atoms. The van der Waals surface area contributed by atoms with E-state index in [4.69, 9.17) is 9.47 Å². The van der Waals surface area contributed by atoms with Gasteiger partial charge in [0, 0.05) is 35.5 Å². The highest BCUT2D eigenvalue weighted by atomic mass is 16.5. The standard InChI is InChI=1S/C20H18N2O2/c1-2-6-16-13(4-1)7-8-17-18(16)19-15(11-23-17)12-24-20(22-19)14-5-3-9-21-10-14/h1-10,15,19-20,22H,11-12H2/t15-,19+,20-/m1/s1. The van der Waals surface area contributed by atoms with Gasteiger partial charge in [0.05, 0.1) is 13.2 Å². The smallest absolute Gasteiger partial charge is 0.136 e. The van der Waals surface area contributed by atoms with Gasteiger partial charge < -0.3 is 9.47 Å². The Labute approximate surface area is 140 Å². The van der Waals surface area contributed by atoms with E-state index in [-0.39, 0.29) is 12.3 Å². The lowest BCUT2D eigenvalue weighted by Gasteiger charge is -2.41. The maximum Gasteiger partial charge on any atom is 0.136 e. The molecule has 1 N–H and O–H groups in total. The van der Waals surface area contributed by atoms with Crippen LogP contribution >= 0.6 is 0 Å². The minimum Gasteiger partial charge on any atom is -0.493 e. The van der Waals surface area contributed by atoms with Crippen LogP contribution in [0.4, 0.5) is 0 Å². The first-order valence-electron chi connectivity index (χ1n) is 8.32. The van der Waals surface area contributed by atoms with Crippen molar-refractivity contribution in [3.8, 4) is 5.75 Å². The third-order valence-corrected chi connectivity index (χ3v) is 4.96. The van der Waals surface area contributed by atoms with Gasteiger partial charge in [0.15, 0.2) is 0 Å². The van der Waals surface area contributed by atoms with Crippen molar-refractivity contribution in [2.24, 2.45) is 5.92 Å². The van der Waals surface area contributed by atoms with Gasteiger partial charge in [-0.15, -0.1) is 0 Å². The quantitative estimate of drug-likeness (QED) is 0.744. The maximum atomic E-state index is 6.03. The fourth-order valence-electron chi connectivity index (χ4n) is 3.77. The molecule has 0 spiro atoms. The van der Waals surface area contributed by atoms with Crippen molar-refractivity contribution in [3.05, 3.63) is 72.1 Å². The van der Waals surface area contributed by atoms with Crippen LogP contribution in [0.5, 0.6) is 5.75 Å². The molecule has 4 heteroatoms. The van der Waals surface area contributed by atoms with Gasteiger partial charge in [-0.05, 0) is 22.9 Å². The Kier molecular flexibility index (Phi) is 3.25. The summed E-state index contributed by atoms with van der Waals surface area (Å²) in [7, 11) is 0. The van der Waals surface area contributed by atoms with Gasteiger partial charge in [-0.3, -0.25) is 10.3 Å². The summed E-state index contributed by atoms with van der Waals surface area (Å²) >= 11 is 0. The maximum absolute atomic E-state index is 6.03. The van der Waals surface area contributed by atoms with E-state index in [0.717, 1.165) is 11.3 Å². The van der Waals surface area contributed by atoms with Gasteiger partial charge in [-0.2, -0.15) is 0 Å². The fraction of sp³-hybridized carbons (Fsp3) is 0.250. The van der Waals surface area contributed by atoms with Gasteiger partial charge in [-0.25, -0.2) is 0 Å². The number of fused-ring (bicyclic) bond motifs is 5. The van der Waals surface area contributed by atoms with Gasteiger partial charge in [0.25, 0.3) is 0 Å². The zero-order valence-electron chi connectivity index (χ0n) is 13.2. The number of benzene rings is 2. The minimum atomic E-state index is -0.134. The first-order valence-corrected chi connectivity index (χ1v) is 8.32. The summed E-state index contributed by atoms with van der Waals surface area (Å²) in [5.74, 6) is 1.30. The highest BCUT2D eigenvalue weighted by Gasteiger charge is 2.38. The molecule has 3 heterocycles. The van der Waals surface area contributed by atoms with Crippen LogP contribution in [0.2, 0.25) is 0 Å². The molecule has 4 nitrogen and oxygen atoms in total. The molecule has 120 valence electrons. The lowest BCUT2D eigenvalue weighted by molar-refractivity contribution is -0.0709. The number of rotatable bonds is 1. The lowest BCUT2D eigenvalue weighted by Crippen LogP contribution is -2.45. The Morgan fingerprint density at radius 1 is 1.00 bits per heavy atom. The van der Waals surface area contributed by atoms with Gasteiger partial charge >= 0.3 is 0 Å². The second-order valence-corrected chi connectivity index (χ2v) is 6.41.